The zero-order chi connectivity index (χ0) is 38.9. The molecule has 0 bridgehead atoms. The molecule has 56 heavy (non-hydrogen) atoms. The summed E-state index contributed by atoms with van der Waals surface area (Å²) in [5.41, 5.74) is 8.14. The first-order valence-corrected chi connectivity index (χ1v) is 19.5. The number of rotatable bonds is 12. The molecule has 310 valence electrons. The highest BCUT2D eigenvalue weighted by Crippen LogP contribution is 2.39. The van der Waals surface area contributed by atoms with Crippen molar-refractivity contribution in [2.45, 2.75) is 77.6 Å². The Morgan fingerprint density at radius 2 is 0.964 bits per heavy atom. The monoisotopic (exact) mass is 813 g/mol. The van der Waals surface area contributed by atoms with E-state index in [1.807, 2.05) is 30.5 Å². The fourth-order valence-corrected chi connectivity index (χ4v) is 7.38. The van der Waals surface area contributed by atoms with Gasteiger partial charge in [-0.2, -0.15) is 0 Å². The molecule has 11 heteroatoms. The van der Waals surface area contributed by atoms with E-state index in [9.17, 15) is 0 Å². The van der Waals surface area contributed by atoms with Crippen LogP contribution in [0.15, 0.2) is 60.9 Å². The van der Waals surface area contributed by atoms with Gasteiger partial charge in [0.05, 0.1) is 42.7 Å². The predicted molar refractivity (Wildman–Crippen MR) is 234 cm³/mol. The molecule has 0 amide bonds. The van der Waals surface area contributed by atoms with E-state index in [1.54, 1.807) is 48.9 Å². The zero-order valence-electron chi connectivity index (χ0n) is 34.9. The lowest BCUT2D eigenvalue weighted by atomic mass is 9.89. The van der Waals surface area contributed by atoms with Gasteiger partial charge >= 0.3 is 0 Å². The Morgan fingerprint density at radius 1 is 0.554 bits per heavy atom. The van der Waals surface area contributed by atoms with E-state index in [0.717, 1.165) is 96.6 Å². The van der Waals surface area contributed by atoms with Gasteiger partial charge in [-0.05, 0) is 117 Å². The van der Waals surface area contributed by atoms with Crippen LogP contribution >= 0.6 is 24.8 Å². The summed E-state index contributed by atoms with van der Waals surface area (Å²) in [6.07, 6.45) is 11.3. The van der Waals surface area contributed by atoms with Crippen molar-refractivity contribution in [3.05, 3.63) is 88.7 Å². The molecule has 4 aromatic rings. The molecular weight excluding hydrogens is 749 g/mol. The van der Waals surface area contributed by atoms with Crippen LogP contribution in [0.4, 0.5) is 0 Å². The van der Waals surface area contributed by atoms with Gasteiger partial charge in [-0.15, -0.1) is 24.8 Å². The maximum Gasteiger partial charge on any atom is 0.127 e. The minimum atomic E-state index is 0. The number of nitrogens with zero attached hydrogens (tertiary/aromatic N) is 1. The summed E-state index contributed by atoms with van der Waals surface area (Å²) < 4.78 is 33.0. The van der Waals surface area contributed by atoms with E-state index in [2.05, 4.69) is 60.7 Å². The quantitative estimate of drug-likeness (QED) is 0.145. The zero-order valence-corrected chi connectivity index (χ0v) is 36.6. The molecule has 2 fully saturated rings. The topological polar surface area (TPSA) is 92.3 Å². The second kappa shape index (κ2) is 25.4. The second-order valence-electron chi connectivity index (χ2n) is 13.6. The Morgan fingerprint density at radius 3 is 1.30 bits per heavy atom. The average Bonchev–Trinajstić information content (AvgIpc) is 3.26. The number of aryl methyl sites for hydroxylation is 3. The molecule has 0 radical (unpaired) electrons. The molecule has 0 aliphatic carbocycles. The van der Waals surface area contributed by atoms with Gasteiger partial charge in [-0.25, -0.2) is 0 Å². The van der Waals surface area contributed by atoms with Gasteiger partial charge in [-0.3, -0.25) is 4.98 Å². The fraction of sp³-hybridized carbons (Fsp3) is 0.489. The van der Waals surface area contributed by atoms with Crippen LogP contribution in [0.25, 0.3) is 11.1 Å². The number of aromatic nitrogens is 1. The molecule has 2 saturated heterocycles. The first-order chi connectivity index (χ1) is 26.4. The average molecular weight is 815 g/mol. The minimum Gasteiger partial charge on any atom is -0.496 e. The van der Waals surface area contributed by atoms with Gasteiger partial charge in [-0.1, -0.05) is 26.8 Å². The number of benzene rings is 3. The number of pyridine rings is 1. The SMILES string of the molecule is CCc1cc(OC)c(-c2cccnc2)cc1OC.CCc1cc(OC)c([C@@H]2CCCNC2)cc1OC.CCc1cc(OC)c([C@H]2CCCNC2)cc1OC.Cl.Cl. The van der Waals surface area contributed by atoms with Crippen molar-refractivity contribution < 1.29 is 28.4 Å². The predicted octanol–water partition coefficient (Wildman–Crippen LogP) is 9.64. The smallest absolute Gasteiger partial charge is 0.127 e. The molecule has 2 aliphatic rings. The molecule has 1 aromatic heterocycles. The van der Waals surface area contributed by atoms with E-state index in [0.29, 0.717) is 11.8 Å². The van der Waals surface area contributed by atoms with Crippen molar-refractivity contribution >= 4 is 24.8 Å². The summed E-state index contributed by atoms with van der Waals surface area (Å²) in [4.78, 5) is 4.14. The maximum absolute atomic E-state index is 5.56. The third-order valence-electron chi connectivity index (χ3n) is 10.5. The van der Waals surface area contributed by atoms with Crippen LogP contribution in [-0.2, 0) is 19.3 Å². The van der Waals surface area contributed by atoms with Gasteiger partial charge in [0.1, 0.15) is 34.5 Å². The lowest BCUT2D eigenvalue weighted by molar-refractivity contribution is 0.381. The molecule has 3 heterocycles. The Hall–Kier alpha value is -3.89. The van der Waals surface area contributed by atoms with Crippen molar-refractivity contribution in [2.24, 2.45) is 0 Å². The van der Waals surface area contributed by atoms with Crippen LogP contribution in [0.1, 0.15) is 86.1 Å². The van der Waals surface area contributed by atoms with Crippen LogP contribution in [0.2, 0.25) is 0 Å². The van der Waals surface area contributed by atoms with E-state index in [4.69, 9.17) is 28.4 Å². The normalized spacial score (nSPS) is 15.9. The highest BCUT2D eigenvalue weighted by atomic mass is 35.5. The van der Waals surface area contributed by atoms with E-state index < -0.39 is 0 Å². The van der Waals surface area contributed by atoms with Gasteiger partial charge < -0.3 is 39.1 Å². The summed E-state index contributed by atoms with van der Waals surface area (Å²) in [5.74, 6) is 6.78. The van der Waals surface area contributed by atoms with Crippen molar-refractivity contribution in [1.29, 1.82) is 0 Å². The van der Waals surface area contributed by atoms with Gasteiger partial charge in [0.25, 0.3) is 0 Å². The Bertz CT molecular complexity index is 1650. The highest BCUT2D eigenvalue weighted by Gasteiger charge is 2.22. The standard InChI is InChI=1S/2C15H23NO2.C15H17NO2.2ClH/c3*1-4-11-8-15(18-3)13(9-14(11)17-2)12-6-5-7-16-10-12;;/h2*8-9,12,16H,4-7,10H2,1-3H3;5-10H,4H2,1-3H3;2*1H/t2*12-;;;/m10.../s1. The van der Waals surface area contributed by atoms with Crippen LogP contribution in [-0.4, -0.2) is 73.8 Å². The number of nitrogens with one attached hydrogen (secondary N) is 2. The molecule has 3 aromatic carbocycles. The number of piperidine rings is 2. The van der Waals surface area contributed by atoms with Crippen LogP contribution in [0.5, 0.6) is 34.5 Å². The van der Waals surface area contributed by atoms with Gasteiger partial charge in [0, 0.05) is 59.6 Å². The molecule has 0 spiro atoms. The van der Waals surface area contributed by atoms with Gasteiger partial charge in [0.15, 0.2) is 0 Å². The summed E-state index contributed by atoms with van der Waals surface area (Å²) in [5, 5.41) is 6.91. The number of hydrogen-bond acceptors (Lipinski definition) is 9. The summed E-state index contributed by atoms with van der Waals surface area (Å²) in [6.45, 7) is 10.7. The van der Waals surface area contributed by atoms with E-state index in [-0.39, 0.29) is 24.8 Å². The number of ether oxygens (including phenoxy) is 6. The summed E-state index contributed by atoms with van der Waals surface area (Å²) >= 11 is 0. The lowest BCUT2D eigenvalue weighted by Crippen LogP contribution is -2.28. The van der Waals surface area contributed by atoms with Crippen molar-refractivity contribution in [3.8, 4) is 45.6 Å². The maximum atomic E-state index is 5.56. The number of methoxy groups -OCH3 is 6. The molecule has 2 aliphatic heterocycles. The lowest BCUT2D eigenvalue weighted by Gasteiger charge is -2.25. The third-order valence-corrected chi connectivity index (χ3v) is 10.5. The first kappa shape index (κ1) is 48.3. The Labute approximate surface area is 348 Å². The number of hydrogen-bond donors (Lipinski definition) is 2. The molecule has 2 N–H and O–H groups in total. The van der Waals surface area contributed by atoms with E-state index in [1.165, 1.54) is 47.9 Å². The Kier molecular flexibility index (Phi) is 21.9. The molecule has 0 saturated carbocycles. The largest absolute Gasteiger partial charge is 0.496 e. The molecule has 0 unspecified atom stereocenters. The van der Waals surface area contributed by atoms with Crippen LogP contribution in [0, 0.1) is 0 Å². The summed E-state index contributed by atoms with van der Waals surface area (Å²) in [6, 6.07) is 16.5. The number of halogens is 2. The third kappa shape index (κ3) is 12.6. The minimum absolute atomic E-state index is 0. The van der Waals surface area contributed by atoms with Gasteiger partial charge in [0.2, 0.25) is 0 Å². The van der Waals surface area contributed by atoms with Crippen molar-refractivity contribution in [2.75, 3.05) is 68.8 Å². The van der Waals surface area contributed by atoms with Crippen molar-refractivity contribution in [3.63, 3.8) is 0 Å². The molecular formula is C45H65Cl2N3O6. The van der Waals surface area contributed by atoms with Crippen molar-refractivity contribution in [1.82, 2.24) is 15.6 Å². The van der Waals surface area contributed by atoms with E-state index >= 15 is 0 Å². The molecule has 6 rings (SSSR count). The molecule has 2 atom stereocenters. The summed E-state index contributed by atoms with van der Waals surface area (Å²) in [7, 11) is 10.4. The highest BCUT2D eigenvalue weighted by molar-refractivity contribution is 5.85. The second-order valence-corrected chi connectivity index (χ2v) is 13.6. The van der Waals surface area contributed by atoms with Crippen LogP contribution in [0.3, 0.4) is 0 Å². The molecule has 9 nitrogen and oxygen atoms in total. The Balaban J connectivity index is 0.000000285. The first-order valence-electron chi connectivity index (χ1n) is 19.5. The van der Waals surface area contributed by atoms with Crippen LogP contribution < -0.4 is 39.1 Å². The fourth-order valence-electron chi connectivity index (χ4n) is 7.38.